The van der Waals surface area contributed by atoms with Gasteiger partial charge in [0, 0.05) is 25.9 Å². The fraction of sp³-hybridized carbons (Fsp3) is 0.300. The summed E-state index contributed by atoms with van der Waals surface area (Å²) in [6.45, 7) is 1.11. The second-order valence-corrected chi connectivity index (χ2v) is 6.91. The molecule has 2 aromatic carbocycles. The third kappa shape index (κ3) is 1.86. The van der Waals surface area contributed by atoms with Crippen molar-refractivity contribution in [1.29, 1.82) is 0 Å². The third-order valence-corrected chi connectivity index (χ3v) is 5.63. The van der Waals surface area contributed by atoms with E-state index in [1.165, 1.54) is 22.3 Å². The van der Waals surface area contributed by atoms with Gasteiger partial charge in [0.15, 0.2) is 0 Å². The lowest BCUT2D eigenvalue weighted by atomic mass is 9.85. The van der Waals surface area contributed by atoms with Crippen LogP contribution in [0.1, 0.15) is 22.3 Å². The molecule has 0 aromatic heterocycles. The predicted octanol–water partition coefficient (Wildman–Crippen LogP) is 1.91. The molecule has 120 valence electrons. The largest absolute Gasteiger partial charge is 0.324 e. The number of hydrogen-bond acceptors (Lipinski definition) is 2. The summed E-state index contributed by atoms with van der Waals surface area (Å²) in [5.74, 6) is 0.201. The smallest absolute Gasteiger partial charge is 0.246 e. The van der Waals surface area contributed by atoms with Crippen LogP contribution in [0.2, 0.25) is 0 Å². The van der Waals surface area contributed by atoms with Crippen molar-refractivity contribution < 1.29 is 9.59 Å². The molecule has 1 saturated heterocycles. The molecule has 0 aliphatic carbocycles. The number of fused-ring (bicyclic) bond motifs is 4. The van der Waals surface area contributed by atoms with E-state index >= 15 is 0 Å². The van der Waals surface area contributed by atoms with Gasteiger partial charge in [0.1, 0.15) is 12.1 Å². The van der Waals surface area contributed by atoms with Crippen LogP contribution in [0.15, 0.2) is 48.5 Å². The molecule has 4 nitrogen and oxygen atoms in total. The van der Waals surface area contributed by atoms with Gasteiger partial charge in [-0.25, -0.2) is 0 Å². The van der Waals surface area contributed by atoms with E-state index in [9.17, 15) is 9.59 Å². The maximum atomic E-state index is 13.1. The van der Waals surface area contributed by atoms with Crippen molar-refractivity contribution in [3.63, 3.8) is 0 Å². The van der Waals surface area contributed by atoms with Crippen molar-refractivity contribution in [2.45, 2.75) is 38.0 Å². The van der Waals surface area contributed by atoms with E-state index in [1.807, 2.05) is 24.3 Å². The van der Waals surface area contributed by atoms with Crippen LogP contribution in [0.3, 0.4) is 0 Å². The van der Waals surface area contributed by atoms with Crippen LogP contribution in [0.25, 0.3) is 0 Å². The Labute approximate surface area is 140 Å². The quantitative estimate of drug-likeness (QED) is 0.744. The van der Waals surface area contributed by atoms with Crippen LogP contribution in [0, 0.1) is 0 Å². The van der Waals surface area contributed by atoms with E-state index in [2.05, 4.69) is 24.3 Å². The molecule has 24 heavy (non-hydrogen) atoms. The first-order chi connectivity index (χ1) is 11.7. The van der Waals surface area contributed by atoms with Crippen LogP contribution >= 0.6 is 0 Å². The molecular weight excluding hydrogens is 300 g/mol. The van der Waals surface area contributed by atoms with E-state index in [-0.39, 0.29) is 23.9 Å². The normalized spacial score (nSPS) is 24.8. The maximum absolute atomic E-state index is 13.1. The topological polar surface area (TPSA) is 40.6 Å². The van der Waals surface area contributed by atoms with Gasteiger partial charge in [0.05, 0.1) is 0 Å². The van der Waals surface area contributed by atoms with Gasteiger partial charge < -0.3 is 9.80 Å². The number of nitrogens with zero attached hydrogens (tertiary/aromatic N) is 2. The molecule has 0 saturated carbocycles. The van der Waals surface area contributed by atoms with Gasteiger partial charge in [-0.1, -0.05) is 48.5 Å². The van der Waals surface area contributed by atoms with Crippen molar-refractivity contribution >= 4 is 11.8 Å². The number of carbonyl (C=O) groups excluding carboxylic acids is 2. The fourth-order valence-corrected chi connectivity index (χ4v) is 4.33. The number of carbonyl (C=O) groups is 2. The molecule has 2 aromatic rings. The lowest BCUT2D eigenvalue weighted by Crippen LogP contribution is -2.67. The Bertz CT molecular complexity index is 723. The molecule has 4 heteroatoms. The van der Waals surface area contributed by atoms with Gasteiger partial charge in [0.2, 0.25) is 11.8 Å². The number of amides is 2. The molecule has 1 fully saturated rings. The summed E-state index contributed by atoms with van der Waals surface area (Å²) in [6, 6.07) is 15.6. The molecule has 2 amide bonds. The lowest BCUT2D eigenvalue weighted by Gasteiger charge is -2.49. The molecule has 5 rings (SSSR count). The highest BCUT2D eigenvalue weighted by atomic mass is 16.2. The molecule has 0 N–H and O–H groups in total. The first-order valence-electron chi connectivity index (χ1n) is 8.47. The van der Waals surface area contributed by atoms with Crippen molar-refractivity contribution in [3.05, 3.63) is 70.8 Å². The molecule has 3 heterocycles. The van der Waals surface area contributed by atoms with Gasteiger partial charge in [-0.3, -0.25) is 9.59 Å². The summed E-state index contributed by atoms with van der Waals surface area (Å²) in [5.41, 5.74) is 4.71. The minimum Gasteiger partial charge on any atom is -0.324 e. The van der Waals surface area contributed by atoms with E-state index in [4.69, 9.17) is 0 Å². The molecular formula is C20H18N2O2. The minimum atomic E-state index is -0.339. The highest BCUT2D eigenvalue weighted by Gasteiger charge is 2.48. The SMILES string of the molecule is O=C1C2Cc3ccccc3CN2C(=O)C2Cc3ccccc3CN12. The highest BCUT2D eigenvalue weighted by molar-refractivity contribution is 5.98. The summed E-state index contributed by atoms with van der Waals surface area (Å²) in [4.78, 5) is 29.8. The number of rotatable bonds is 0. The molecule has 0 radical (unpaired) electrons. The summed E-state index contributed by atoms with van der Waals surface area (Å²) in [6.07, 6.45) is 1.26. The van der Waals surface area contributed by atoms with E-state index in [0.29, 0.717) is 25.9 Å². The average molecular weight is 318 g/mol. The van der Waals surface area contributed by atoms with Gasteiger partial charge in [-0.05, 0) is 22.3 Å². The van der Waals surface area contributed by atoms with Crippen LogP contribution in [0.4, 0.5) is 0 Å². The number of benzene rings is 2. The van der Waals surface area contributed by atoms with Gasteiger partial charge in [0.25, 0.3) is 0 Å². The van der Waals surface area contributed by atoms with E-state index < -0.39 is 0 Å². The standard InChI is InChI=1S/C20H18N2O2/c23-19-17-9-13-5-1-3-7-15(13)11-21(17)20(24)18-10-14-6-2-4-8-16(14)12-22(18)19/h1-8,17-18H,9-12H2. The second-order valence-electron chi connectivity index (χ2n) is 6.91. The van der Waals surface area contributed by atoms with Crippen molar-refractivity contribution in [3.8, 4) is 0 Å². The van der Waals surface area contributed by atoms with Crippen LogP contribution in [-0.4, -0.2) is 33.7 Å². The molecule has 2 atom stereocenters. The van der Waals surface area contributed by atoms with Crippen molar-refractivity contribution in [1.82, 2.24) is 9.80 Å². The van der Waals surface area contributed by atoms with Crippen LogP contribution in [0.5, 0.6) is 0 Å². The van der Waals surface area contributed by atoms with Crippen molar-refractivity contribution in [2.24, 2.45) is 0 Å². The van der Waals surface area contributed by atoms with Crippen LogP contribution < -0.4 is 0 Å². The number of piperazine rings is 1. The Hall–Kier alpha value is -2.62. The highest BCUT2D eigenvalue weighted by Crippen LogP contribution is 2.34. The summed E-state index contributed by atoms with van der Waals surface area (Å²) in [7, 11) is 0. The summed E-state index contributed by atoms with van der Waals surface area (Å²) in [5, 5.41) is 0. The first-order valence-corrected chi connectivity index (χ1v) is 8.47. The van der Waals surface area contributed by atoms with Crippen LogP contribution in [-0.2, 0) is 35.5 Å². The Balaban J connectivity index is 1.54. The third-order valence-electron chi connectivity index (χ3n) is 5.63. The van der Waals surface area contributed by atoms with Gasteiger partial charge in [-0.15, -0.1) is 0 Å². The first kappa shape index (κ1) is 13.8. The second kappa shape index (κ2) is 4.94. The maximum Gasteiger partial charge on any atom is 0.246 e. The van der Waals surface area contributed by atoms with E-state index in [1.54, 1.807) is 9.80 Å². The fourth-order valence-electron chi connectivity index (χ4n) is 4.33. The monoisotopic (exact) mass is 318 g/mol. The summed E-state index contributed by atoms with van der Waals surface area (Å²) >= 11 is 0. The number of hydrogen-bond donors (Lipinski definition) is 0. The molecule has 2 unspecified atom stereocenters. The average Bonchev–Trinajstić information content (AvgIpc) is 2.64. The minimum absolute atomic E-state index is 0.101. The zero-order chi connectivity index (χ0) is 16.3. The predicted molar refractivity (Wildman–Crippen MR) is 89.0 cm³/mol. The Kier molecular flexibility index (Phi) is 2.84. The van der Waals surface area contributed by atoms with E-state index in [0.717, 1.165) is 0 Å². The Morgan fingerprint density at radius 1 is 0.625 bits per heavy atom. The summed E-state index contributed by atoms with van der Waals surface area (Å²) < 4.78 is 0. The lowest BCUT2D eigenvalue weighted by molar-refractivity contribution is -0.164. The van der Waals surface area contributed by atoms with Crippen molar-refractivity contribution in [2.75, 3.05) is 0 Å². The Morgan fingerprint density at radius 2 is 1.00 bits per heavy atom. The van der Waals surface area contributed by atoms with Gasteiger partial charge in [-0.2, -0.15) is 0 Å². The molecule has 3 aliphatic rings. The molecule has 3 aliphatic heterocycles. The zero-order valence-corrected chi connectivity index (χ0v) is 13.3. The Morgan fingerprint density at radius 3 is 1.42 bits per heavy atom. The molecule has 0 spiro atoms. The van der Waals surface area contributed by atoms with Gasteiger partial charge >= 0.3 is 0 Å². The zero-order valence-electron chi connectivity index (χ0n) is 13.3. The molecule has 0 bridgehead atoms.